The molecule has 244 valence electrons. The van der Waals surface area contributed by atoms with Gasteiger partial charge < -0.3 is 14.7 Å². The average molecular weight is 718 g/mol. The summed E-state index contributed by atoms with van der Waals surface area (Å²) in [7, 11) is 3.85. The monoisotopic (exact) mass is 716 g/mol. The lowest BCUT2D eigenvalue weighted by Crippen LogP contribution is -2.29. The van der Waals surface area contributed by atoms with Crippen molar-refractivity contribution in [2.45, 2.75) is 29.7 Å². The molecule has 8 nitrogen and oxygen atoms in total. The maximum atomic E-state index is 13.7. The Balaban J connectivity index is 1.31. The first kappa shape index (κ1) is 33.5. The summed E-state index contributed by atoms with van der Waals surface area (Å²) in [5, 5.41) is 21.5. The highest BCUT2D eigenvalue weighted by atomic mass is 35.5. The number of hydrogen-bond donors (Lipinski definition) is 1. The van der Waals surface area contributed by atoms with E-state index in [0.717, 1.165) is 22.4 Å². The van der Waals surface area contributed by atoms with E-state index in [1.54, 1.807) is 36.4 Å². The largest absolute Gasteiger partial charge is 0.507 e. The van der Waals surface area contributed by atoms with Crippen molar-refractivity contribution >= 4 is 74.6 Å². The molecule has 1 aliphatic heterocycles. The minimum Gasteiger partial charge on any atom is -0.507 e. The number of rotatable bonds is 10. The Hall–Kier alpha value is -4.35. The van der Waals surface area contributed by atoms with Crippen LogP contribution < -0.4 is 14.5 Å². The van der Waals surface area contributed by atoms with Gasteiger partial charge in [0.15, 0.2) is 4.34 Å². The number of Topliss-reactive ketones (excluding diaryl/α,β-unsaturated/α-hetero) is 1. The van der Waals surface area contributed by atoms with Crippen LogP contribution in [0.5, 0.6) is 5.75 Å². The molecular weight excluding hydrogens is 687 g/mol. The molecule has 12 heteroatoms. The number of aromatic nitrogens is 2. The van der Waals surface area contributed by atoms with Crippen LogP contribution in [0.4, 0.5) is 10.8 Å². The molecule has 2 heterocycles. The molecule has 1 saturated heterocycles. The van der Waals surface area contributed by atoms with Crippen molar-refractivity contribution in [2.24, 2.45) is 0 Å². The van der Waals surface area contributed by atoms with Crippen molar-refractivity contribution in [2.75, 3.05) is 23.9 Å². The number of aryl methyl sites for hydroxylation is 1. The number of nitrogens with zero attached hydrogens (tertiary/aromatic N) is 4. The van der Waals surface area contributed by atoms with Crippen LogP contribution in [-0.2, 0) is 21.9 Å². The molecule has 1 fully saturated rings. The number of ketones is 1. The lowest BCUT2D eigenvalue weighted by molar-refractivity contribution is -0.132. The third-order valence-corrected chi connectivity index (χ3v) is 10.4. The highest BCUT2D eigenvalue weighted by Crippen LogP contribution is 2.44. The molecule has 0 aliphatic carbocycles. The van der Waals surface area contributed by atoms with Gasteiger partial charge in [-0.05, 0) is 72.1 Å². The summed E-state index contributed by atoms with van der Waals surface area (Å²) in [6, 6.07) is 26.7. The van der Waals surface area contributed by atoms with Gasteiger partial charge in [-0.15, -0.1) is 10.2 Å². The zero-order valence-corrected chi connectivity index (χ0v) is 29.3. The van der Waals surface area contributed by atoms with Crippen LogP contribution in [0.2, 0.25) is 10.0 Å². The molecule has 0 saturated carbocycles. The maximum Gasteiger partial charge on any atom is 0.301 e. The number of anilines is 2. The third-order valence-electron chi connectivity index (χ3n) is 7.75. The predicted octanol–water partition coefficient (Wildman–Crippen LogP) is 8.72. The van der Waals surface area contributed by atoms with Crippen molar-refractivity contribution in [1.82, 2.24) is 10.2 Å². The number of benzene rings is 4. The van der Waals surface area contributed by atoms with Gasteiger partial charge in [-0.25, -0.2) is 0 Å². The Bertz CT molecular complexity index is 2010. The lowest BCUT2D eigenvalue weighted by atomic mass is 9.95. The van der Waals surface area contributed by atoms with Crippen LogP contribution in [0.1, 0.15) is 33.9 Å². The summed E-state index contributed by atoms with van der Waals surface area (Å²) < 4.78 is 6.53. The SMILES string of the molecule is Cc1cccc(COc2ccc(/C(O)=C3\C(=O)C(=O)N(c4nnc(SCc5ccc(Cl)cc5Cl)s4)C3c3ccc(N(C)C)cc3)cc2)c1. The number of aliphatic hydroxyl groups excluding tert-OH is 1. The molecule has 1 amide bonds. The molecule has 0 bridgehead atoms. The van der Waals surface area contributed by atoms with Gasteiger partial charge in [0.25, 0.3) is 5.78 Å². The second kappa shape index (κ2) is 14.4. The second-order valence-corrected chi connectivity index (χ2v) is 14.4. The van der Waals surface area contributed by atoms with E-state index in [2.05, 4.69) is 16.3 Å². The normalized spacial score (nSPS) is 15.6. The summed E-state index contributed by atoms with van der Waals surface area (Å²) in [6.45, 7) is 2.41. The number of carbonyl (C=O) groups excluding carboxylic acids is 2. The van der Waals surface area contributed by atoms with Crippen LogP contribution in [0.25, 0.3) is 5.76 Å². The van der Waals surface area contributed by atoms with Crippen molar-refractivity contribution in [3.63, 3.8) is 0 Å². The molecule has 0 radical (unpaired) electrons. The Morgan fingerprint density at radius 3 is 2.42 bits per heavy atom. The first-order valence-corrected chi connectivity index (χ1v) is 17.4. The summed E-state index contributed by atoms with van der Waals surface area (Å²) >= 11 is 15.0. The number of thioether (sulfide) groups is 1. The van der Waals surface area contributed by atoms with E-state index in [0.29, 0.717) is 43.6 Å². The summed E-state index contributed by atoms with van der Waals surface area (Å²) in [5.41, 5.74) is 4.96. The summed E-state index contributed by atoms with van der Waals surface area (Å²) in [4.78, 5) is 30.6. The highest BCUT2D eigenvalue weighted by Gasteiger charge is 2.48. The molecule has 1 aliphatic rings. The van der Waals surface area contributed by atoms with Gasteiger partial charge in [0.1, 0.15) is 18.1 Å². The fourth-order valence-corrected chi connectivity index (χ4v) is 7.70. The maximum absolute atomic E-state index is 13.7. The fraction of sp³-hybridized carbons (Fsp3) is 0.167. The van der Waals surface area contributed by atoms with Crippen LogP contribution in [-0.4, -0.2) is 41.1 Å². The molecule has 1 unspecified atom stereocenters. The van der Waals surface area contributed by atoms with Crippen LogP contribution in [0.15, 0.2) is 101 Å². The Morgan fingerprint density at radius 1 is 0.979 bits per heavy atom. The third kappa shape index (κ3) is 7.22. The van der Waals surface area contributed by atoms with Crippen molar-refractivity contribution in [1.29, 1.82) is 0 Å². The van der Waals surface area contributed by atoms with Gasteiger partial charge in [0, 0.05) is 41.1 Å². The van der Waals surface area contributed by atoms with Gasteiger partial charge in [-0.2, -0.15) is 0 Å². The molecule has 4 aromatic carbocycles. The van der Waals surface area contributed by atoms with E-state index in [9.17, 15) is 14.7 Å². The first-order valence-electron chi connectivity index (χ1n) is 14.9. The average Bonchev–Trinajstić information content (AvgIpc) is 3.65. The molecule has 1 atom stereocenters. The molecule has 6 rings (SSSR count). The van der Waals surface area contributed by atoms with Gasteiger partial charge in [0.05, 0.1) is 11.6 Å². The molecule has 5 aromatic rings. The minimum atomic E-state index is -0.935. The molecule has 1 aromatic heterocycles. The van der Waals surface area contributed by atoms with Gasteiger partial charge >= 0.3 is 5.91 Å². The molecule has 48 heavy (non-hydrogen) atoms. The molecular formula is C36H30Cl2N4O4S2. The number of hydrogen-bond acceptors (Lipinski definition) is 9. The van der Waals surface area contributed by atoms with Crippen LogP contribution >= 0.6 is 46.3 Å². The van der Waals surface area contributed by atoms with Gasteiger partial charge in [-0.3, -0.25) is 14.5 Å². The van der Waals surface area contributed by atoms with E-state index in [1.807, 2.05) is 74.4 Å². The zero-order valence-electron chi connectivity index (χ0n) is 26.2. The summed E-state index contributed by atoms with van der Waals surface area (Å²) in [5.74, 6) is -0.803. The second-order valence-electron chi connectivity index (χ2n) is 11.3. The molecule has 0 spiro atoms. The van der Waals surface area contributed by atoms with Gasteiger partial charge in [-0.1, -0.05) is 94.3 Å². The van der Waals surface area contributed by atoms with Crippen LogP contribution in [0, 0.1) is 6.92 Å². The Labute approximate surface area is 296 Å². The van der Waals surface area contributed by atoms with Crippen molar-refractivity contribution < 1.29 is 19.4 Å². The quantitative estimate of drug-likeness (QED) is 0.0504. The number of ether oxygens (including phenoxy) is 1. The van der Waals surface area contributed by atoms with E-state index in [4.69, 9.17) is 27.9 Å². The van der Waals surface area contributed by atoms with E-state index >= 15 is 0 Å². The van der Waals surface area contributed by atoms with Crippen molar-refractivity contribution in [3.05, 3.63) is 134 Å². The Kier molecular flexibility index (Phi) is 10.1. The topological polar surface area (TPSA) is 95.9 Å². The predicted molar refractivity (Wildman–Crippen MR) is 193 cm³/mol. The lowest BCUT2D eigenvalue weighted by Gasteiger charge is -2.23. The zero-order chi connectivity index (χ0) is 33.9. The van der Waals surface area contributed by atoms with Gasteiger partial charge in [0.2, 0.25) is 5.13 Å². The van der Waals surface area contributed by atoms with Crippen molar-refractivity contribution in [3.8, 4) is 5.75 Å². The smallest absolute Gasteiger partial charge is 0.301 e. The Morgan fingerprint density at radius 2 is 1.73 bits per heavy atom. The first-order chi connectivity index (χ1) is 23.1. The number of carbonyl (C=O) groups is 2. The minimum absolute atomic E-state index is 0.0385. The number of aliphatic hydroxyl groups is 1. The molecule has 1 N–H and O–H groups in total. The number of halogens is 2. The number of amides is 1. The van der Waals surface area contributed by atoms with E-state index in [-0.39, 0.29) is 16.5 Å². The standard InChI is InChI=1S/C36H30Cl2N4O4S2/c1-21-5-4-6-22(17-21)19-46-28-15-10-24(11-16-28)32(43)30-31(23-8-13-27(14-9-23)41(2)3)42(34(45)33(30)44)35-39-40-36(48-35)47-20-25-7-12-26(37)18-29(25)38/h4-18,31,43H,19-20H2,1-3H3/b32-30+. The highest BCUT2D eigenvalue weighted by molar-refractivity contribution is 8.00. The van der Waals surface area contributed by atoms with Crippen LogP contribution in [0.3, 0.4) is 0 Å². The van der Waals surface area contributed by atoms with E-state index < -0.39 is 17.7 Å². The fourth-order valence-electron chi connectivity index (χ4n) is 5.27. The summed E-state index contributed by atoms with van der Waals surface area (Å²) in [6.07, 6.45) is 0. The van der Waals surface area contributed by atoms with E-state index in [1.165, 1.54) is 28.0 Å².